The number of carbonyl (C=O) groups is 7. The van der Waals surface area contributed by atoms with Crippen molar-refractivity contribution in [2.75, 3.05) is 39.1 Å². The molecule has 1 rings (SSSR count). The molecule has 0 bridgehead atoms. The average molecular weight is 865 g/mol. The van der Waals surface area contributed by atoms with Gasteiger partial charge in [-0.1, -0.05) is 35.1 Å². The number of aliphatic hydroxyl groups is 1. The summed E-state index contributed by atoms with van der Waals surface area (Å²) in [7, 11) is -4.60. The van der Waals surface area contributed by atoms with E-state index in [0.29, 0.717) is 12.3 Å². The van der Waals surface area contributed by atoms with Gasteiger partial charge in [0.15, 0.2) is 0 Å². The normalized spacial score (nSPS) is 13.8. The standard InChI is InChI=1S/C29H49N8O12P.C7H16O.CH4/c1-6-49-8-7-24(41)37(18(5)39)12-23(40)33-20(9-16(2)3)27(43)34-21(10-19-11-31-15-32-19)28(44)35-22(13-38)29(45)36-25(26(30)42)17(4)14-50(46,47)48;1-5-6-8-7(2,3)4;/h11,15-17,20-22,25,38H,6-10,12-14H2,1-5H3,(H2,30,42)(H,31,32)(H,33,40)(H,34,43)(H,35,44)(H,36,45)(H2,46,47,48);5-6H2,1-4H3;1H4/t17-,20-,21-,22-,25-;;/m0../s1. The van der Waals surface area contributed by atoms with Gasteiger partial charge in [-0.05, 0) is 52.4 Å². The van der Waals surface area contributed by atoms with Crippen LogP contribution >= 0.6 is 7.60 Å². The van der Waals surface area contributed by atoms with Crippen LogP contribution < -0.4 is 27.0 Å². The van der Waals surface area contributed by atoms with Crippen LogP contribution in [0, 0.1) is 11.8 Å². The van der Waals surface area contributed by atoms with Gasteiger partial charge >= 0.3 is 7.60 Å². The third kappa shape index (κ3) is 25.1. The van der Waals surface area contributed by atoms with Gasteiger partial charge in [-0.3, -0.25) is 43.0 Å². The number of aromatic nitrogens is 2. The molecule has 0 saturated carbocycles. The predicted molar refractivity (Wildman–Crippen MR) is 218 cm³/mol. The Bertz CT molecular complexity index is 1520. The topological polar surface area (TPSA) is 322 Å². The lowest BCUT2D eigenvalue weighted by Crippen LogP contribution is -2.60. The van der Waals surface area contributed by atoms with Crippen molar-refractivity contribution in [2.45, 2.75) is 125 Å². The fraction of sp³-hybridized carbons (Fsp3) is 0.730. The molecule has 59 heavy (non-hydrogen) atoms. The largest absolute Gasteiger partial charge is 0.394 e. The zero-order valence-electron chi connectivity index (χ0n) is 35.0. The average Bonchev–Trinajstić information content (AvgIpc) is 3.62. The summed E-state index contributed by atoms with van der Waals surface area (Å²) in [5.41, 5.74) is 5.75. The molecule has 0 aliphatic rings. The van der Waals surface area contributed by atoms with E-state index in [1.54, 1.807) is 20.8 Å². The van der Waals surface area contributed by atoms with E-state index in [4.69, 9.17) is 15.2 Å². The maximum atomic E-state index is 13.5. The highest BCUT2D eigenvalue weighted by molar-refractivity contribution is 7.51. The Balaban J connectivity index is 0. The first kappa shape index (κ1) is 56.8. The summed E-state index contributed by atoms with van der Waals surface area (Å²) >= 11 is 0. The molecule has 0 spiro atoms. The summed E-state index contributed by atoms with van der Waals surface area (Å²) in [4.78, 5) is 115. The molecule has 0 aliphatic carbocycles. The van der Waals surface area contributed by atoms with Crippen molar-refractivity contribution < 1.29 is 62.5 Å². The fourth-order valence-electron chi connectivity index (χ4n) is 5.10. The number of nitrogens with one attached hydrogen (secondary N) is 5. The number of hydrogen-bond donors (Lipinski definition) is 9. The molecule has 0 fully saturated rings. The lowest BCUT2D eigenvalue weighted by Gasteiger charge is -2.27. The molecule has 0 aromatic carbocycles. The molecule has 1 aromatic heterocycles. The smallest absolute Gasteiger partial charge is 0.325 e. The van der Waals surface area contributed by atoms with Crippen molar-refractivity contribution in [1.82, 2.24) is 36.1 Å². The lowest BCUT2D eigenvalue weighted by atomic mass is 10.0. The Labute approximate surface area is 347 Å². The minimum Gasteiger partial charge on any atom is -0.394 e. The van der Waals surface area contributed by atoms with Gasteiger partial charge in [0.25, 0.3) is 0 Å². The zero-order chi connectivity index (χ0) is 44.8. The second-order valence-corrected chi connectivity index (χ2v) is 16.6. The van der Waals surface area contributed by atoms with Crippen LogP contribution in [0.4, 0.5) is 0 Å². The van der Waals surface area contributed by atoms with E-state index < -0.39 is 98.3 Å². The molecule has 22 heteroatoms. The maximum Gasteiger partial charge on any atom is 0.325 e. The number of amides is 7. The SMILES string of the molecule is C.CCCOC(C)(C)C.CCOCCC(=O)N(CC(=O)N[C@@H](CC(C)C)C(=O)N[C@@H](Cc1cnc[nH]1)C(=O)N[C@@H](CO)C(=O)N[C@H](C(N)=O)[C@@H](C)CP(=O)(O)O)C(C)=O. The van der Waals surface area contributed by atoms with Crippen LogP contribution in [0.3, 0.4) is 0 Å². The van der Waals surface area contributed by atoms with Crippen LogP contribution in [-0.2, 0) is 54.0 Å². The van der Waals surface area contributed by atoms with Crippen molar-refractivity contribution in [2.24, 2.45) is 17.6 Å². The van der Waals surface area contributed by atoms with Gasteiger partial charge in [-0.25, -0.2) is 4.98 Å². The second-order valence-electron chi connectivity index (χ2n) is 15.0. The van der Waals surface area contributed by atoms with Crippen LogP contribution in [0.25, 0.3) is 0 Å². The number of hydrogen-bond acceptors (Lipinski definition) is 12. The van der Waals surface area contributed by atoms with Crippen LogP contribution in [0.15, 0.2) is 12.5 Å². The van der Waals surface area contributed by atoms with Crippen LogP contribution in [0.2, 0.25) is 0 Å². The zero-order valence-corrected chi connectivity index (χ0v) is 35.9. The van der Waals surface area contributed by atoms with Gasteiger partial charge in [0.2, 0.25) is 41.4 Å². The van der Waals surface area contributed by atoms with Gasteiger partial charge in [0.05, 0.1) is 37.7 Å². The minimum atomic E-state index is -4.60. The van der Waals surface area contributed by atoms with Gasteiger partial charge in [0.1, 0.15) is 30.7 Å². The van der Waals surface area contributed by atoms with E-state index in [0.717, 1.165) is 24.9 Å². The van der Waals surface area contributed by atoms with Gasteiger partial charge in [-0.2, -0.15) is 0 Å². The third-order valence-electron chi connectivity index (χ3n) is 7.87. The number of imidazole rings is 1. The molecule has 0 unspecified atom stereocenters. The number of nitrogens with zero attached hydrogens (tertiary/aromatic N) is 2. The van der Waals surface area contributed by atoms with Gasteiger partial charge in [-0.15, -0.1) is 0 Å². The number of imide groups is 1. The summed E-state index contributed by atoms with van der Waals surface area (Å²) in [6.45, 7) is 15.6. The van der Waals surface area contributed by atoms with Crippen molar-refractivity contribution in [3.63, 3.8) is 0 Å². The van der Waals surface area contributed by atoms with Gasteiger partial charge < -0.3 is 56.4 Å². The second kappa shape index (κ2) is 28.2. The van der Waals surface area contributed by atoms with Crippen molar-refractivity contribution >= 4 is 48.9 Å². The van der Waals surface area contributed by atoms with Crippen molar-refractivity contribution in [1.29, 1.82) is 0 Å². The number of primary amides is 1. The van der Waals surface area contributed by atoms with E-state index in [-0.39, 0.29) is 44.8 Å². The van der Waals surface area contributed by atoms with Crippen LogP contribution in [-0.4, -0.2) is 140 Å². The number of rotatable bonds is 24. The molecule has 21 nitrogen and oxygen atoms in total. The number of aromatic amines is 1. The monoisotopic (exact) mass is 864 g/mol. The number of nitrogens with two attached hydrogens (primary N) is 1. The molecule has 0 saturated heterocycles. The Hall–Kier alpha value is -4.27. The summed E-state index contributed by atoms with van der Waals surface area (Å²) in [5.74, 6) is -7.47. The van der Waals surface area contributed by atoms with Gasteiger partial charge in [0, 0.05) is 38.4 Å². The molecule has 1 heterocycles. The maximum absolute atomic E-state index is 13.5. The number of carbonyl (C=O) groups excluding carboxylic acids is 7. The molecule has 5 atom stereocenters. The summed E-state index contributed by atoms with van der Waals surface area (Å²) in [6.07, 6.45) is 2.74. The summed E-state index contributed by atoms with van der Waals surface area (Å²) in [5, 5.41) is 19.4. The summed E-state index contributed by atoms with van der Waals surface area (Å²) in [6, 6.07) is -5.93. The Morgan fingerprint density at radius 1 is 0.932 bits per heavy atom. The van der Waals surface area contributed by atoms with E-state index in [1.165, 1.54) is 19.4 Å². The number of aliphatic hydroxyl groups excluding tert-OH is 1. The highest BCUT2D eigenvalue weighted by atomic mass is 31.2. The first-order valence-corrected chi connectivity index (χ1v) is 20.8. The molecular weight excluding hydrogens is 795 g/mol. The summed E-state index contributed by atoms with van der Waals surface area (Å²) < 4.78 is 21.9. The molecule has 0 aliphatic heterocycles. The molecule has 1 aromatic rings. The van der Waals surface area contributed by atoms with Crippen LogP contribution in [0.1, 0.15) is 94.7 Å². The van der Waals surface area contributed by atoms with E-state index in [2.05, 4.69) is 58.9 Å². The third-order valence-corrected chi connectivity index (χ3v) is 8.92. The molecule has 340 valence electrons. The first-order valence-electron chi connectivity index (χ1n) is 19.0. The molecule has 7 amide bonds. The van der Waals surface area contributed by atoms with E-state index >= 15 is 0 Å². The molecule has 10 N–H and O–H groups in total. The van der Waals surface area contributed by atoms with E-state index in [1.807, 2.05) is 0 Å². The first-order chi connectivity index (χ1) is 26.8. The quantitative estimate of drug-likeness (QED) is 0.0484. The predicted octanol–water partition coefficient (Wildman–Crippen LogP) is -0.122. The van der Waals surface area contributed by atoms with E-state index in [9.17, 15) is 53.0 Å². The molecule has 0 radical (unpaired) electrons. The Morgan fingerprint density at radius 2 is 1.51 bits per heavy atom. The minimum absolute atomic E-state index is 0. The highest BCUT2D eigenvalue weighted by Gasteiger charge is 2.35. The molecular formula is C37H69N8O13P. The lowest BCUT2D eigenvalue weighted by molar-refractivity contribution is -0.147. The number of H-pyrrole nitrogens is 1. The number of ether oxygens (including phenoxy) is 2. The Kier molecular flexibility index (Phi) is 27.2. The van der Waals surface area contributed by atoms with Crippen molar-refractivity contribution in [3.8, 4) is 0 Å². The fourth-order valence-corrected chi connectivity index (χ4v) is 6.06. The van der Waals surface area contributed by atoms with Crippen molar-refractivity contribution in [3.05, 3.63) is 18.2 Å². The Morgan fingerprint density at radius 3 is 1.95 bits per heavy atom. The highest BCUT2D eigenvalue weighted by Crippen LogP contribution is 2.37. The van der Waals surface area contributed by atoms with Crippen LogP contribution in [0.5, 0.6) is 0 Å².